The molecule has 1 aliphatic heterocycles. The molecule has 3 rings (SSSR count). The van der Waals surface area contributed by atoms with Crippen LogP contribution < -0.4 is 16.4 Å². The van der Waals surface area contributed by atoms with Gasteiger partial charge in [0.1, 0.15) is 0 Å². The van der Waals surface area contributed by atoms with E-state index in [1.165, 1.54) is 0 Å². The number of nitrogens with two attached hydrogens (primary N) is 2. The Morgan fingerprint density at radius 2 is 1.83 bits per heavy atom. The largest absolute Gasteiger partial charge is 0.398 e. The fourth-order valence-electron chi connectivity index (χ4n) is 3.62. The summed E-state index contributed by atoms with van der Waals surface area (Å²) >= 11 is 0. The zero-order chi connectivity index (χ0) is 17.3. The van der Waals surface area contributed by atoms with Crippen LogP contribution in [0.1, 0.15) is 44.6 Å². The first kappa shape index (κ1) is 17.0. The van der Waals surface area contributed by atoms with E-state index in [0.29, 0.717) is 30.1 Å². The molecule has 0 spiro atoms. The minimum atomic E-state index is -2.53. The number of anilines is 3. The van der Waals surface area contributed by atoms with Gasteiger partial charge in [-0.15, -0.1) is 0 Å². The predicted molar refractivity (Wildman–Crippen MR) is 96.1 cm³/mol. The van der Waals surface area contributed by atoms with E-state index in [4.69, 9.17) is 11.5 Å². The molecule has 1 aromatic carbocycles. The maximum absolute atomic E-state index is 13.3. The molecule has 1 aliphatic carbocycles. The molecule has 24 heavy (non-hydrogen) atoms. The summed E-state index contributed by atoms with van der Waals surface area (Å²) in [5.74, 6) is -1.91. The SMILES string of the molecule is C[C@H]1CCN(c2c(N)ccc(N)c2C=NC2CCC(F)(F)CC2)C1. The van der Waals surface area contributed by atoms with Gasteiger partial charge in [-0.05, 0) is 37.3 Å². The molecule has 0 unspecified atom stereocenters. The van der Waals surface area contributed by atoms with Crippen molar-refractivity contribution >= 4 is 23.3 Å². The molecular formula is C18H26F2N4. The predicted octanol–water partition coefficient (Wildman–Crippen LogP) is 3.69. The fraction of sp³-hybridized carbons (Fsp3) is 0.611. The van der Waals surface area contributed by atoms with Gasteiger partial charge in [-0.2, -0.15) is 0 Å². The molecule has 0 bridgehead atoms. The summed E-state index contributed by atoms with van der Waals surface area (Å²) in [6.45, 7) is 4.12. The second-order valence-electron chi connectivity index (χ2n) is 7.21. The molecule has 132 valence electrons. The molecule has 1 saturated heterocycles. The van der Waals surface area contributed by atoms with E-state index in [0.717, 1.165) is 30.8 Å². The van der Waals surface area contributed by atoms with Crippen LogP contribution in [0.15, 0.2) is 17.1 Å². The molecule has 6 heteroatoms. The lowest BCUT2D eigenvalue weighted by Gasteiger charge is -2.26. The molecule has 1 heterocycles. The first-order valence-corrected chi connectivity index (χ1v) is 8.69. The van der Waals surface area contributed by atoms with Gasteiger partial charge in [0.05, 0.1) is 17.4 Å². The zero-order valence-corrected chi connectivity index (χ0v) is 14.1. The number of aliphatic imine (C=N–C) groups is 1. The highest BCUT2D eigenvalue weighted by atomic mass is 19.3. The number of nitrogens with zero attached hydrogens (tertiary/aromatic N) is 2. The smallest absolute Gasteiger partial charge is 0.248 e. The van der Waals surface area contributed by atoms with Crippen LogP contribution in [0.5, 0.6) is 0 Å². The van der Waals surface area contributed by atoms with E-state index in [1.807, 2.05) is 6.07 Å². The Labute approximate surface area is 141 Å². The lowest BCUT2D eigenvalue weighted by molar-refractivity contribution is -0.0373. The number of nitrogen functional groups attached to an aromatic ring is 2. The highest BCUT2D eigenvalue weighted by Gasteiger charge is 2.34. The van der Waals surface area contributed by atoms with Crippen molar-refractivity contribution in [3.8, 4) is 0 Å². The van der Waals surface area contributed by atoms with Gasteiger partial charge in [-0.1, -0.05) is 6.92 Å². The topological polar surface area (TPSA) is 67.6 Å². The maximum atomic E-state index is 13.3. The monoisotopic (exact) mass is 336 g/mol. The quantitative estimate of drug-likeness (QED) is 0.653. The molecule has 2 fully saturated rings. The molecule has 4 nitrogen and oxygen atoms in total. The van der Waals surface area contributed by atoms with Gasteiger partial charge in [0, 0.05) is 43.4 Å². The van der Waals surface area contributed by atoms with Crippen molar-refractivity contribution in [2.75, 3.05) is 29.5 Å². The Kier molecular flexibility index (Phi) is 4.65. The van der Waals surface area contributed by atoms with Gasteiger partial charge in [-0.3, -0.25) is 4.99 Å². The third-order valence-corrected chi connectivity index (χ3v) is 5.12. The van der Waals surface area contributed by atoms with Crippen molar-refractivity contribution < 1.29 is 8.78 Å². The molecule has 1 saturated carbocycles. The highest BCUT2D eigenvalue weighted by molar-refractivity contribution is 5.98. The zero-order valence-electron chi connectivity index (χ0n) is 14.1. The minimum Gasteiger partial charge on any atom is -0.398 e. The average molecular weight is 336 g/mol. The van der Waals surface area contributed by atoms with Crippen molar-refractivity contribution in [1.29, 1.82) is 0 Å². The Morgan fingerprint density at radius 1 is 1.17 bits per heavy atom. The van der Waals surface area contributed by atoms with E-state index in [1.54, 1.807) is 12.3 Å². The third kappa shape index (κ3) is 3.62. The van der Waals surface area contributed by atoms with E-state index in [2.05, 4.69) is 16.8 Å². The van der Waals surface area contributed by atoms with E-state index in [9.17, 15) is 8.78 Å². The van der Waals surface area contributed by atoms with Gasteiger partial charge >= 0.3 is 0 Å². The summed E-state index contributed by atoms with van der Waals surface area (Å²) < 4.78 is 26.5. The van der Waals surface area contributed by atoms with Gasteiger partial charge in [0.2, 0.25) is 5.92 Å². The van der Waals surface area contributed by atoms with Crippen LogP contribution in [0.2, 0.25) is 0 Å². The number of hydrogen-bond acceptors (Lipinski definition) is 4. The number of rotatable bonds is 3. The number of hydrogen-bond donors (Lipinski definition) is 2. The lowest BCUT2D eigenvalue weighted by Crippen LogP contribution is -2.26. The molecule has 0 aromatic heterocycles. The standard InChI is InChI=1S/C18H26F2N4/c1-12-6-9-24(11-12)17-14(15(21)2-3-16(17)22)10-23-13-4-7-18(19,20)8-5-13/h2-3,10,12-13H,4-9,11,21-22H2,1H3/t12-/m0/s1. The highest BCUT2D eigenvalue weighted by Crippen LogP contribution is 2.36. The number of benzene rings is 1. The van der Waals surface area contributed by atoms with Crippen LogP contribution in [-0.2, 0) is 0 Å². The molecular weight excluding hydrogens is 310 g/mol. The van der Waals surface area contributed by atoms with Crippen molar-refractivity contribution in [3.05, 3.63) is 17.7 Å². The molecule has 1 atom stereocenters. The van der Waals surface area contributed by atoms with Gasteiger partial charge in [-0.25, -0.2) is 8.78 Å². The number of halogens is 2. The summed E-state index contributed by atoms with van der Waals surface area (Å²) in [7, 11) is 0. The van der Waals surface area contributed by atoms with Crippen LogP contribution in [0.25, 0.3) is 0 Å². The molecule has 0 radical (unpaired) electrons. The van der Waals surface area contributed by atoms with Crippen molar-refractivity contribution in [2.45, 2.75) is 51.0 Å². The fourth-order valence-corrected chi connectivity index (χ4v) is 3.62. The second-order valence-corrected chi connectivity index (χ2v) is 7.21. The summed E-state index contributed by atoms with van der Waals surface area (Å²) in [5, 5.41) is 0. The first-order valence-electron chi connectivity index (χ1n) is 8.69. The van der Waals surface area contributed by atoms with Crippen molar-refractivity contribution in [2.24, 2.45) is 10.9 Å². The Balaban J connectivity index is 1.82. The second kappa shape index (κ2) is 6.57. The Bertz CT molecular complexity index is 620. The minimum absolute atomic E-state index is 0.0594. The number of alkyl halides is 2. The summed E-state index contributed by atoms with van der Waals surface area (Å²) in [5.41, 5.74) is 15.4. The normalized spacial score (nSPS) is 24.8. The average Bonchev–Trinajstić information content (AvgIpc) is 2.95. The van der Waals surface area contributed by atoms with Crippen LogP contribution >= 0.6 is 0 Å². The lowest BCUT2D eigenvalue weighted by atomic mass is 9.92. The maximum Gasteiger partial charge on any atom is 0.248 e. The van der Waals surface area contributed by atoms with Gasteiger partial charge in [0.15, 0.2) is 0 Å². The summed E-state index contributed by atoms with van der Waals surface area (Å²) in [6, 6.07) is 3.55. The van der Waals surface area contributed by atoms with Crippen LogP contribution in [-0.4, -0.2) is 31.3 Å². The van der Waals surface area contributed by atoms with Gasteiger partial charge in [0.25, 0.3) is 0 Å². The van der Waals surface area contributed by atoms with E-state index < -0.39 is 5.92 Å². The Morgan fingerprint density at radius 3 is 2.46 bits per heavy atom. The molecule has 0 amide bonds. The molecule has 4 N–H and O–H groups in total. The van der Waals surface area contributed by atoms with Crippen molar-refractivity contribution in [3.63, 3.8) is 0 Å². The summed E-state index contributed by atoms with van der Waals surface area (Å²) in [6.07, 6.45) is 3.54. The van der Waals surface area contributed by atoms with E-state index in [-0.39, 0.29) is 18.9 Å². The van der Waals surface area contributed by atoms with Gasteiger partial charge < -0.3 is 16.4 Å². The van der Waals surface area contributed by atoms with Crippen LogP contribution in [0.4, 0.5) is 25.8 Å². The van der Waals surface area contributed by atoms with Crippen LogP contribution in [0.3, 0.4) is 0 Å². The first-order chi connectivity index (χ1) is 11.4. The van der Waals surface area contributed by atoms with E-state index >= 15 is 0 Å². The molecule has 2 aliphatic rings. The van der Waals surface area contributed by atoms with Crippen molar-refractivity contribution in [1.82, 2.24) is 0 Å². The molecule has 1 aromatic rings. The third-order valence-electron chi connectivity index (χ3n) is 5.12. The Hall–Kier alpha value is -1.85. The van der Waals surface area contributed by atoms with Crippen LogP contribution in [0, 0.1) is 5.92 Å². The summed E-state index contributed by atoms with van der Waals surface area (Å²) in [4.78, 5) is 6.81.